The summed E-state index contributed by atoms with van der Waals surface area (Å²) in [5, 5.41) is 3.95. The molecule has 0 radical (unpaired) electrons. The summed E-state index contributed by atoms with van der Waals surface area (Å²) < 4.78 is 25.2. The van der Waals surface area contributed by atoms with E-state index in [1.165, 1.54) is 16.5 Å². The smallest absolute Gasteiger partial charge is 0.236 e. The molecule has 0 amide bonds. The second-order valence-electron chi connectivity index (χ2n) is 5.18. The molecule has 24 heavy (non-hydrogen) atoms. The number of halogens is 1. The van der Waals surface area contributed by atoms with E-state index < -0.39 is 10.0 Å². The summed E-state index contributed by atoms with van der Waals surface area (Å²) in [4.78, 5) is 15.2. The lowest BCUT2D eigenvalue weighted by molar-refractivity contribution is 0.595. The van der Waals surface area contributed by atoms with Crippen LogP contribution >= 0.6 is 11.6 Å². The molecule has 0 aliphatic carbocycles. The average Bonchev–Trinajstić information content (AvgIpc) is 3.12. The van der Waals surface area contributed by atoms with Crippen LogP contribution in [0.1, 0.15) is 0 Å². The normalized spacial score (nSPS) is 12.1. The Morgan fingerprint density at radius 3 is 2.88 bits per heavy atom. The number of anilines is 2. The van der Waals surface area contributed by atoms with Gasteiger partial charge in [-0.3, -0.25) is 0 Å². The second kappa shape index (κ2) is 5.18. The highest BCUT2D eigenvalue weighted by Gasteiger charge is 2.15. The van der Waals surface area contributed by atoms with Gasteiger partial charge < -0.3 is 10.3 Å². The molecule has 3 aromatic heterocycles. The van der Waals surface area contributed by atoms with Crippen LogP contribution in [0.3, 0.4) is 0 Å². The first kappa shape index (κ1) is 14.9. The standard InChI is InChI=1S/C14H11ClN6O2S/c1-24(22,23)21-6-5-8-3-2-4-9(11(8)21)18-13-10-12(17-7-16-10)19-14(15)20-13/h2-7H,1H3,(H2,16,17,18,19,20). The van der Waals surface area contributed by atoms with Crippen LogP contribution in [-0.4, -0.2) is 38.6 Å². The number of nitrogens with zero attached hydrogens (tertiary/aromatic N) is 4. The molecule has 0 bridgehead atoms. The SMILES string of the molecule is CS(=O)(=O)n1ccc2cccc(Nc3nc(Cl)nc4[nH]cnc34)c21. The minimum absolute atomic E-state index is 0.0555. The van der Waals surface area contributed by atoms with Crippen molar-refractivity contribution < 1.29 is 8.42 Å². The third-order valence-corrected chi connectivity index (χ3v) is 4.73. The topological polar surface area (TPSA) is 106 Å². The molecule has 0 aliphatic rings. The summed E-state index contributed by atoms with van der Waals surface area (Å²) in [5.74, 6) is 0.389. The van der Waals surface area contributed by atoms with E-state index in [0.717, 1.165) is 11.6 Å². The Morgan fingerprint density at radius 2 is 2.08 bits per heavy atom. The number of para-hydroxylation sites is 1. The molecule has 0 fully saturated rings. The van der Waals surface area contributed by atoms with E-state index >= 15 is 0 Å². The molecule has 3 heterocycles. The highest BCUT2D eigenvalue weighted by Crippen LogP contribution is 2.30. The van der Waals surface area contributed by atoms with Crippen molar-refractivity contribution in [3.05, 3.63) is 42.1 Å². The molecular weight excluding hydrogens is 352 g/mol. The van der Waals surface area contributed by atoms with Crippen LogP contribution in [0.25, 0.3) is 22.1 Å². The van der Waals surface area contributed by atoms with E-state index in [2.05, 4.69) is 25.3 Å². The van der Waals surface area contributed by atoms with Crippen LogP contribution in [0.4, 0.5) is 11.5 Å². The molecule has 0 saturated heterocycles. The van der Waals surface area contributed by atoms with Crippen LogP contribution in [0.5, 0.6) is 0 Å². The molecule has 4 rings (SSSR count). The Bertz CT molecular complexity index is 1180. The fraction of sp³-hybridized carbons (Fsp3) is 0.0714. The first-order valence-electron chi connectivity index (χ1n) is 6.88. The summed E-state index contributed by atoms with van der Waals surface area (Å²) in [6.07, 6.45) is 4.15. The van der Waals surface area contributed by atoms with Crippen LogP contribution in [0.2, 0.25) is 5.28 Å². The number of H-pyrrole nitrogens is 1. The quantitative estimate of drug-likeness (QED) is 0.542. The molecule has 122 valence electrons. The molecule has 0 spiro atoms. The fourth-order valence-corrected chi connectivity index (χ4v) is 3.55. The molecule has 0 unspecified atom stereocenters. The zero-order chi connectivity index (χ0) is 16.9. The summed E-state index contributed by atoms with van der Waals surface area (Å²) >= 11 is 5.94. The number of benzene rings is 1. The Kier molecular flexibility index (Phi) is 3.22. The van der Waals surface area contributed by atoms with Crippen LogP contribution in [0, 0.1) is 0 Å². The van der Waals surface area contributed by atoms with E-state index in [1.807, 2.05) is 12.1 Å². The number of hydrogen-bond acceptors (Lipinski definition) is 6. The van der Waals surface area contributed by atoms with Crippen molar-refractivity contribution in [1.82, 2.24) is 23.9 Å². The number of aromatic amines is 1. The molecule has 0 aliphatic heterocycles. The van der Waals surface area contributed by atoms with E-state index in [-0.39, 0.29) is 5.28 Å². The summed E-state index contributed by atoms with van der Waals surface area (Å²) in [7, 11) is -3.44. The van der Waals surface area contributed by atoms with Gasteiger partial charge in [0.1, 0.15) is 0 Å². The molecule has 8 nitrogen and oxygen atoms in total. The van der Waals surface area contributed by atoms with Gasteiger partial charge in [-0.05, 0) is 23.7 Å². The van der Waals surface area contributed by atoms with Gasteiger partial charge in [0.15, 0.2) is 17.0 Å². The van der Waals surface area contributed by atoms with Gasteiger partial charge in [0.25, 0.3) is 0 Å². The average molecular weight is 363 g/mol. The predicted molar refractivity (Wildman–Crippen MR) is 92.2 cm³/mol. The van der Waals surface area contributed by atoms with Gasteiger partial charge in [-0.25, -0.2) is 17.4 Å². The van der Waals surface area contributed by atoms with Crippen molar-refractivity contribution in [2.75, 3.05) is 11.6 Å². The van der Waals surface area contributed by atoms with Gasteiger partial charge in [0.05, 0.1) is 23.8 Å². The van der Waals surface area contributed by atoms with E-state index in [4.69, 9.17) is 11.6 Å². The van der Waals surface area contributed by atoms with Gasteiger partial charge >= 0.3 is 0 Å². The number of imidazole rings is 1. The van der Waals surface area contributed by atoms with Crippen molar-refractivity contribution in [2.45, 2.75) is 0 Å². The van der Waals surface area contributed by atoms with Crippen LogP contribution in [0.15, 0.2) is 36.8 Å². The van der Waals surface area contributed by atoms with Crippen molar-refractivity contribution >= 4 is 55.2 Å². The summed E-state index contributed by atoms with van der Waals surface area (Å²) in [5.41, 5.74) is 2.09. The maximum atomic E-state index is 12.0. The third-order valence-electron chi connectivity index (χ3n) is 3.54. The number of aromatic nitrogens is 5. The number of hydrogen-bond donors (Lipinski definition) is 2. The molecule has 10 heteroatoms. The van der Waals surface area contributed by atoms with Gasteiger partial charge in [-0.2, -0.15) is 9.97 Å². The molecule has 4 aromatic rings. The first-order valence-corrected chi connectivity index (χ1v) is 9.10. The zero-order valence-electron chi connectivity index (χ0n) is 12.4. The van der Waals surface area contributed by atoms with Crippen molar-refractivity contribution in [1.29, 1.82) is 0 Å². The maximum absolute atomic E-state index is 12.0. The second-order valence-corrected chi connectivity index (χ2v) is 7.38. The number of fused-ring (bicyclic) bond motifs is 2. The number of nitrogens with one attached hydrogen (secondary N) is 2. The number of rotatable bonds is 3. The lowest BCUT2D eigenvalue weighted by Gasteiger charge is -2.10. The van der Waals surface area contributed by atoms with E-state index in [0.29, 0.717) is 28.2 Å². The summed E-state index contributed by atoms with van der Waals surface area (Å²) in [6.45, 7) is 0. The monoisotopic (exact) mass is 362 g/mol. The Morgan fingerprint density at radius 1 is 1.25 bits per heavy atom. The fourth-order valence-electron chi connectivity index (χ4n) is 2.56. The Labute approximate surface area is 141 Å². The molecule has 0 saturated carbocycles. The predicted octanol–water partition coefficient (Wildman–Crippen LogP) is 2.51. The van der Waals surface area contributed by atoms with Crippen molar-refractivity contribution in [3.63, 3.8) is 0 Å². The van der Waals surface area contributed by atoms with E-state index in [9.17, 15) is 8.42 Å². The third kappa shape index (κ3) is 2.38. The highest BCUT2D eigenvalue weighted by molar-refractivity contribution is 7.89. The molecular formula is C14H11ClN6O2S. The highest BCUT2D eigenvalue weighted by atomic mass is 35.5. The van der Waals surface area contributed by atoms with Crippen LogP contribution in [-0.2, 0) is 10.0 Å². The van der Waals surface area contributed by atoms with Gasteiger partial charge in [-0.15, -0.1) is 0 Å². The first-order chi connectivity index (χ1) is 11.4. The van der Waals surface area contributed by atoms with Gasteiger partial charge in [0.2, 0.25) is 15.3 Å². The lowest BCUT2D eigenvalue weighted by atomic mass is 10.2. The minimum atomic E-state index is -3.44. The lowest BCUT2D eigenvalue weighted by Crippen LogP contribution is -2.09. The largest absolute Gasteiger partial charge is 0.336 e. The van der Waals surface area contributed by atoms with Crippen LogP contribution < -0.4 is 5.32 Å². The molecule has 2 N–H and O–H groups in total. The zero-order valence-corrected chi connectivity index (χ0v) is 13.9. The summed E-state index contributed by atoms with van der Waals surface area (Å²) in [6, 6.07) is 7.15. The van der Waals surface area contributed by atoms with Gasteiger partial charge in [0, 0.05) is 11.6 Å². The molecule has 1 aromatic carbocycles. The van der Waals surface area contributed by atoms with E-state index in [1.54, 1.807) is 12.1 Å². The Balaban J connectivity index is 1.94. The Hall–Kier alpha value is -2.65. The minimum Gasteiger partial charge on any atom is -0.336 e. The van der Waals surface area contributed by atoms with Crippen molar-refractivity contribution in [3.8, 4) is 0 Å². The molecule has 0 atom stereocenters. The maximum Gasteiger partial charge on any atom is 0.236 e. The van der Waals surface area contributed by atoms with Crippen molar-refractivity contribution in [2.24, 2.45) is 0 Å². The van der Waals surface area contributed by atoms with Gasteiger partial charge in [-0.1, -0.05) is 12.1 Å².